The molecule has 35 heavy (non-hydrogen) atoms. The van der Waals surface area contributed by atoms with Crippen LogP contribution in [0, 0.1) is 40.4 Å². The minimum absolute atomic E-state index is 0.0991. The number of aliphatic hydroxyl groups is 4. The Kier molecular flexibility index (Phi) is 6.80. The zero-order valence-corrected chi connectivity index (χ0v) is 21.3. The molecule has 0 amide bonds. The van der Waals surface area contributed by atoms with E-state index in [1.165, 1.54) is 19.3 Å². The summed E-state index contributed by atoms with van der Waals surface area (Å²) in [6.07, 6.45) is 1.69. The predicted molar refractivity (Wildman–Crippen MR) is 126 cm³/mol. The van der Waals surface area contributed by atoms with E-state index >= 15 is 0 Å². The van der Waals surface area contributed by atoms with Crippen molar-refractivity contribution in [1.29, 1.82) is 0 Å². The molecule has 14 atom stereocenters. The highest BCUT2D eigenvalue weighted by Crippen LogP contribution is 2.68. The largest absolute Gasteiger partial charge is 0.479 e. The van der Waals surface area contributed by atoms with E-state index in [1.807, 2.05) is 6.92 Å². The van der Waals surface area contributed by atoms with E-state index in [9.17, 15) is 30.3 Å². The molecule has 200 valence electrons. The lowest BCUT2D eigenvalue weighted by molar-refractivity contribution is -0.309. The molecular weight excluding hydrogens is 452 g/mol. The van der Waals surface area contributed by atoms with Crippen LogP contribution in [-0.2, 0) is 14.3 Å². The van der Waals surface area contributed by atoms with E-state index in [0.717, 1.165) is 38.5 Å². The summed E-state index contributed by atoms with van der Waals surface area (Å²) < 4.78 is 11.5. The van der Waals surface area contributed by atoms with Gasteiger partial charge in [0.15, 0.2) is 12.4 Å². The van der Waals surface area contributed by atoms with Crippen molar-refractivity contribution in [3.8, 4) is 0 Å². The van der Waals surface area contributed by atoms with Crippen molar-refractivity contribution in [2.24, 2.45) is 40.4 Å². The summed E-state index contributed by atoms with van der Waals surface area (Å²) in [5.41, 5.74) is 0.425. The molecule has 1 heterocycles. The van der Waals surface area contributed by atoms with Crippen LogP contribution in [0.3, 0.4) is 0 Å². The maximum atomic E-state index is 11.5. The molecule has 0 radical (unpaired) electrons. The van der Waals surface area contributed by atoms with E-state index in [4.69, 9.17) is 9.47 Å². The van der Waals surface area contributed by atoms with Crippen LogP contribution in [0.2, 0.25) is 0 Å². The first-order valence-electron chi connectivity index (χ1n) is 13.7. The van der Waals surface area contributed by atoms with Crippen molar-refractivity contribution in [2.75, 3.05) is 0 Å². The number of hydrogen-bond donors (Lipinski definition) is 5. The predicted octanol–water partition coefficient (Wildman–Crippen LogP) is 2.30. The molecule has 0 spiro atoms. The van der Waals surface area contributed by atoms with Gasteiger partial charge in [-0.1, -0.05) is 13.8 Å². The van der Waals surface area contributed by atoms with Gasteiger partial charge in [-0.15, -0.1) is 0 Å². The Morgan fingerprint density at radius 1 is 0.886 bits per heavy atom. The molecule has 4 aliphatic carbocycles. The molecule has 5 N–H and O–H groups in total. The van der Waals surface area contributed by atoms with Gasteiger partial charge >= 0.3 is 5.97 Å². The van der Waals surface area contributed by atoms with Crippen LogP contribution in [0.1, 0.15) is 78.6 Å². The first kappa shape index (κ1) is 25.9. The molecule has 5 aliphatic rings. The number of fused-ring (bicyclic) bond motifs is 5. The van der Waals surface area contributed by atoms with Gasteiger partial charge in [0.05, 0.1) is 12.2 Å². The van der Waals surface area contributed by atoms with Gasteiger partial charge in [0.2, 0.25) is 0 Å². The number of carbonyl (C=O) groups is 1. The number of aliphatic hydroxyl groups excluding tert-OH is 4. The van der Waals surface area contributed by atoms with Crippen LogP contribution in [0.5, 0.6) is 0 Å². The topological polar surface area (TPSA) is 137 Å². The van der Waals surface area contributed by atoms with Crippen molar-refractivity contribution in [2.45, 2.75) is 121 Å². The molecule has 5 rings (SSSR count). The summed E-state index contributed by atoms with van der Waals surface area (Å²) in [5.74, 6) is 1.49. The second-order valence-electron chi connectivity index (χ2n) is 12.9. The highest BCUT2D eigenvalue weighted by atomic mass is 16.7. The highest BCUT2D eigenvalue weighted by molar-refractivity contribution is 5.73. The van der Waals surface area contributed by atoms with Crippen molar-refractivity contribution >= 4 is 5.97 Å². The third kappa shape index (κ3) is 4.07. The van der Waals surface area contributed by atoms with Gasteiger partial charge in [-0.05, 0) is 105 Å². The second-order valence-corrected chi connectivity index (χ2v) is 12.9. The van der Waals surface area contributed by atoms with E-state index in [2.05, 4.69) is 13.8 Å². The van der Waals surface area contributed by atoms with E-state index < -0.39 is 36.7 Å². The normalized spacial score (nSPS) is 54.9. The van der Waals surface area contributed by atoms with E-state index in [-0.39, 0.29) is 23.5 Å². The van der Waals surface area contributed by atoms with Crippen LogP contribution in [0.15, 0.2) is 0 Å². The molecule has 0 aromatic rings. The lowest BCUT2D eigenvalue weighted by Gasteiger charge is -2.61. The van der Waals surface area contributed by atoms with Crippen molar-refractivity contribution in [1.82, 2.24) is 0 Å². The molecule has 4 saturated carbocycles. The molecule has 8 nitrogen and oxygen atoms in total. The van der Waals surface area contributed by atoms with Crippen LogP contribution < -0.4 is 0 Å². The number of aliphatic carboxylic acids is 1. The molecule has 5 fully saturated rings. The van der Waals surface area contributed by atoms with Gasteiger partial charge in [-0.25, -0.2) is 4.79 Å². The maximum Gasteiger partial charge on any atom is 0.335 e. The van der Waals surface area contributed by atoms with Crippen molar-refractivity contribution in [3.05, 3.63) is 0 Å². The molecule has 5 unspecified atom stereocenters. The SMILES string of the molecule is C[C@@H](OC1OC(C(=O)O)[C@@H](O)[C@H](O)[C@H]1O)[C@H]1CCC2C3CC[C@H]4C[C@@H](O)CC[C@]4(C)C3CC[C@@]21C. The summed E-state index contributed by atoms with van der Waals surface area (Å²) in [7, 11) is 0. The summed E-state index contributed by atoms with van der Waals surface area (Å²) in [5, 5.41) is 50.2. The molecule has 0 bridgehead atoms. The average Bonchev–Trinajstić information content (AvgIpc) is 3.17. The summed E-state index contributed by atoms with van der Waals surface area (Å²) in [4.78, 5) is 11.5. The Morgan fingerprint density at radius 3 is 2.29 bits per heavy atom. The molecule has 0 aromatic heterocycles. The summed E-state index contributed by atoms with van der Waals surface area (Å²) >= 11 is 0. The number of rotatable bonds is 4. The molecule has 0 aromatic carbocycles. The Hall–Kier alpha value is -0.770. The minimum atomic E-state index is -1.71. The Labute approximate surface area is 208 Å². The zero-order valence-electron chi connectivity index (χ0n) is 21.3. The van der Waals surface area contributed by atoms with Gasteiger partial charge in [-0.2, -0.15) is 0 Å². The van der Waals surface area contributed by atoms with Crippen molar-refractivity contribution < 1.29 is 39.8 Å². The lowest BCUT2D eigenvalue weighted by Crippen LogP contribution is -2.61. The Balaban J connectivity index is 1.29. The van der Waals surface area contributed by atoms with Crippen LogP contribution in [0.4, 0.5) is 0 Å². The van der Waals surface area contributed by atoms with E-state index in [0.29, 0.717) is 29.1 Å². The molecule has 1 saturated heterocycles. The molecule has 8 heteroatoms. The number of carboxylic acid groups (broad SMARTS) is 1. The van der Waals surface area contributed by atoms with Crippen LogP contribution in [-0.4, -0.2) is 74.4 Å². The third-order valence-electron chi connectivity index (χ3n) is 11.4. The first-order chi connectivity index (χ1) is 16.5. The van der Waals surface area contributed by atoms with Gasteiger partial charge < -0.3 is 35.0 Å². The highest BCUT2D eigenvalue weighted by Gasteiger charge is 2.61. The number of ether oxygens (including phenoxy) is 2. The molecular formula is C27H44O8. The van der Waals surface area contributed by atoms with Crippen LogP contribution in [0.25, 0.3) is 0 Å². The Morgan fingerprint density at radius 2 is 1.57 bits per heavy atom. The standard InChI is InChI=1S/C27H44O8/c1-13(34-25-22(31)20(29)21(30)23(35-25)24(32)33)17-6-7-18-16-5-4-14-12-15(28)8-10-26(14,2)19(16)9-11-27(17,18)3/h13-23,25,28-31H,4-12H2,1-3H3,(H,32,33)/t13-,14+,15+,16?,17-,18?,19?,20+,21+,22-,23?,25?,26+,27-/m1/s1. The van der Waals surface area contributed by atoms with Gasteiger partial charge in [0.25, 0.3) is 0 Å². The van der Waals surface area contributed by atoms with Gasteiger partial charge in [-0.3, -0.25) is 0 Å². The fourth-order valence-corrected chi connectivity index (χ4v) is 9.52. The van der Waals surface area contributed by atoms with E-state index in [1.54, 1.807) is 0 Å². The second kappa shape index (κ2) is 9.21. The smallest absolute Gasteiger partial charge is 0.335 e. The summed E-state index contributed by atoms with van der Waals surface area (Å²) in [6.45, 7) is 6.84. The average molecular weight is 497 g/mol. The number of hydrogen-bond acceptors (Lipinski definition) is 7. The van der Waals surface area contributed by atoms with Gasteiger partial charge in [0.1, 0.15) is 18.3 Å². The number of carboxylic acids is 1. The zero-order chi connectivity index (χ0) is 25.3. The third-order valence-corrected chi connectivity index (χ3v) is 11.4. The summed E-state index contributed by atoms with van der Waals surface area (Å²) in [6, 6.07) is 0. The molecule has 1 aliphatic heterocycles. The first-order valence-corrected chi connectivity index (χ1v) is 13.7. The maximum absolute atomic E-state index is 11.5. The fraction of sp³-hybridized carbons (Fsp3) is 0.963. The van der Waals surface area contributed by atoms with Crippen LogP contribution >= 0.6 is 0 Å². The van der Waals surface area contributed by atoms with Gasteiger partial charge in [0, 0.05) is 0 Å². The lowest BCUT2D eigenvalue weighted by atomic mass is 9.44. The fourth-order valence-electron chi connectivity index (χ4n) is 9.52. The van der Waals surface area contributed by atoms with Crippen molar-refractivity contribution in [3.63, 3.8) is 0 Å². The quantitative estimate of drug-likeness (QED) is 0.400. The Bertz CT molecular complexity index is 806. The minimum Gasteiger partial charge on any atom is -0.479 e. The monoisotopic (exact) mass is 496 g/mol.